The summed E-state index contributed by atoms with van der Waals surface area (Å²) >= 11 is 0. The highest BCUT2D eigenvalue weighted by Crippen LogP contribution is 2.41. The van der Waals surface area contributed by atoms with E-state index in [0.717, 1.165) is 10.9 Å². The van der Waals surface area contributed by atoms with Gasteiger partial charge in [0.1, 0.15) is 17.1 Å². The maximum absolute atomic E-state index is 13.2. The Balaban J connectivity index is 0.00000336. The minimum absolute atomic E-state index is 0. The molecule has 1 fully saturated rings. The highest BCUT2D eigenvalue weighted by molar-refractivity contribution is 6.05. The standard InChI is InChI=1S/C27H24F3N5O2.ClH/c1-17-22(37-27(28,29)30)12-11-21(32-26(36)35-15-13-31-14-16-35)23(17)25-20-10-6-5-9-19(20)24(33-34-25)18-7-3-2-4-8-18;/h2-12,31H,13-16H2,1H3,(H,32,36);1H. The molecule has 2 N–H and O–H groups in total. The minimum Gasteiger partial charge on any atom is -0.405 e. The van der Waals surface area contributed by atoms with E-state index >= 15 is 0 Å². The first-order chi connectivity index (χ1) is 17.8. The van der Waals surface area contributed by atoms with Crippen LogP contribution in [0.4, 0.5) is 23.7 Å². The van der Waals surface area contributed by atoms with Gasteiger partial charge in [-0.3, -0.25) is 0 Å². The highest BCUT2D eigenvalue weighted by Gasteiger charge is 2.33. The van der Waals surface area contributed by atoms with Crippen LogP contribution in [0.15, 0.2) is 66.7 Å². The average molecular weight is 544 g/mol. The Morgan fingerprint density at radius 3 is 2.18 bits per heavy atom. The lowest BCUT2D eigenvalue weighted by Crippen LogP contribution is -2.48. The van der Waals surface area contributed by atoms with Gasteiger partial charge in [0.25, 0.3) is 0 Å². The smallest absolute Gasteiger partial charge is 0.405 e. The first-order valence-electron chi connectivity index (χ1n) is 11.8. The summed E-state index contributed by atoms with van der Waals surface area (Å²) in [5, 5.41) is 16.5. The lowest BCUT2D eigenvalue weighted by molar-refractivity contribution is -0.274. The molecule has 198 valence electrons. The summed E-state index contributed by atoms with van der Waals surface area (Å²) < 4.78 is 43.8. The number of urea groups is 1. The lowest BCUT2D eigenvalue weighted by Gasteiger charge is -2.28. The summed E-state index contributed by atoms with van der Waals surface area (Å²) in [4.78, 5) is 14.7. The second kappa shape index (κ2) is 11.2. The van der Waals surface area contributed by atoms with Gasteiger partial charge in [-0.1, -0.05) is 54.6 Å². The molecule has 7 nitrogen and oxygen atoms in total. The highest BCUT2D eigenvalue weighted by atomic mass is 35.5. The van der Waals surface area contributed by atoms with E-state index in [0.29, 0.717) is 54.2 Å². The van der Waals surface area contributed by atoms with Crippen molar-refractivity contribution in [3.8, 4) is 28.3 Å². The van der Waals surface area contributed by atoms with Crippen molar-refractivity contribution >= 4 is 34.9 Å². The van der Waals surface area contributed by atoms with Crippen LogP contribution in [0.2, 0.25) is 0 Å². The number of alkyl halides is 3. The molecule has 0 radical (unpaired) electrons. The Morgan fingerprint density at radius 1 is 0.921 bits per heavy atom. The van der Waals surface area contributed by atoms with Gasteiger partial charge < -0.3 is 20.3 Å². The predicted octanol–water partition coefficient (Wildman–Crippen LogP) is 6.03. The molecule has 0 bridgehead atoms. The van der Waals surface area contributed by atoms with E-state index in [1.54, 1.807) is 4.90 Å². The molecule has 0 aliphatic carbocycles. The number of halogens is 4. The van der Waals surface area contributed by atoms with Gasteiger partial charge in [0.05, 0.1) is 5.69 Å². The van der Waals surface area contributed by atoms with Gasteiger partial charge in [-0.25, -0.2) is 4.79 Å². The maximum Gasteiger partial charge on any atom is 0.573 e. The predicted molar refractivity (Wildman–Crippen MR) is 143 cm³/mol. The molecular weight excluding hydrogens is 519 g/mol. The number of aromatic nitrogens is 2. The van der Waals surface area contributed by atoms with Crippen LogP contribution in [0.5, 0.6) is 5.75 Å². The number of ether oxygens (including phenoxy) is 1. The number of rotatable bonds is 4. The fourth-order valence-corrected chi connectivity index (χ4v) is 4.50. The zero-order valence-electron chi connectivity index (χ0n) is 20.4. The number of nitrogens with one attached hydrogen (secondary N) is 2. The van der Waals surface area contributed by atoms with Crippen molar-refractivity contribution < 1.29 is 22.7 Å². The maximum atomic E-state index is 13.2. The van der Waals surface area contributed by atoms with Crippen molar-refractivity contribution in [2.45, 2.75) is 13.3 Å². The van der Waals surface area contributed by atoms with Crippen molar-refractivity contribution in [2.75, 3.05) is 31.5 Å². The second-order valence-electron chi connectivity index (χ2n) is 8.64. The van der Waals surface area contributed by atoms with Crippen LogP contribution in [0.3, 0.4) is 0 Å². The molecule has 5 rings (SSSR count). The molecule has 2 heterocycles. The second-order valence-corrected chi connectivity index (χ2v) is 8.64. The fourth-order valence-electron chi connectivity index (χ4n) is 4.50. The van der Waals surface area contributed by atoms with Crippen molar-refractivity contribution in [3.05, 3.63) is 72.3 Å². The number of amides is 2. The molecule has 11 heteroatoms. The molecule has 0 saturated carbocycles. The third-order valence-electron chi connectivity index (χ3n) is 6.26. The number of nitrogens with zero attached hydrogens (tertiary/aromatic N) is 3. The van der Waals surface area contributed by atoms with Crippen LogP contribution in [0, 0.1) is 6.92 Å². The summed E-state index contributed by atoms with van der Waals surface area (Å²) in [5.41, 5.74) is 2.66. The van der Waals surface area contributed by atoms with Crippen LogP contribution in [0.1, 0.15) is 5.56 Å². The molecule has 1 aromatic heterocycles. The normalized spacial score (nSPS) is 13.6. The first-order valence-corrected chi connectivity index (χ1v) is 11.8. The van der Waals surface area contributed by atoms with E-state index < -0.39 is 6.36 Å². The Labute approximate surface area is 223 Å². The van der Waals surface area contributed by atoms with Gasteiger partial charge in [-0.15, -0.1) is 35.8 Å². The van der Waals surface area contributed by atoms with E-state index in [4.69, 9.17) is 0 Å². The van der Waals surface area contributed by atoms with Crippen molar-refractivity contribution in [2.24, 2.45) is 0 Å². The molecule has 3 aromatic carbocycles. The van der Waals surface area contributed by atoms with E-state index in [2.05, 4.69) is 25.6 Å². The Morgan fingerprint density at radius 2 is 1.53 bits per heavy atom. The van der Waals surface area contributed by atoms with Crippen LogP contribution in [0.25, 0.3) is 33.3 Å². The Hall–Kier alpha value is -3.89. The number of anilines is 1. The van der Waals surface area contributed by atoms with Crippen molar-refractivity contribution in [1.29, 1.82) is 0 Å². The van der Waals surface area contributed by atoms with Gasteiger partial charge in [0, 0.05) is 53.6 Å². The molecule has 0 atom stereocenters. The van der Waals surface area contributed by atoms with Crippen LogP contribution < -0.4 is 15.4 Å². The zero-order valence-corrected chi connectivity index (χ0v) is 21.2. The van der Waals surface area contributed by atoms with Gasteiger partial charge in [0.2, 0.25) is 0 Å². The van der Waals surface area contributed by atoms with Crippen molar-refractivity contribution in [3.63, 3.8) is 0 Å². The Kier molecular flexibility index (Phi) is 8.03. The van der Waals surface area contributed by atoms with Crippen LogP contribution in [-0.4, -0.2) is 53.7 Å². The number of benzene rings is 3. The van der Waals surface area contributed by atoms with Crippen LogP contribution >= 0.6 is 12.4 Å². The van der Waals surface area contributed by atoms with Gasteiger partial charge in [-0.2, -0.15) is 0 Å². The molecule has 38 heavy (non-hydrogen) atoms. The molecule has 1 aliphatic heterocycles. The summed E-state index contributed by atoms with van der Waals surface area (Å²) in [5.74, 6) is -0.374. The molecular formula is C27H25ClF3N5O2. The van der Waals surface area contributed by atoms with Gasteiger partial charge in [-0.05, 0) is 19.1 Å². The SMILES string of the molecule is Cc1c(OC(F)(F)F)ccc(NC(=O)N2CCNCC2)c1-c1nnc(-c2ccccc2)c2ccccc12.Cl. The number of fused-ring (bicyclic) bond motifs is 1. The first kappa shape index (κ1) is 27.2. The lowest BCUT2D eigenvalue weighted by atomic mass is 9.96. The summed E-state index contributed by atoms with van der Waals surface area (Å²) in [6, 6.07) is 19.2. The number of carbonyl (C=O) groups is 1. The zero-order chi connectivity index (χ0) is 26.0. The summed E-state index contributed by atoms with van der Waals surface area (Å²) in [7, 11) is 0. The van der Waals surface area contributed by atoms with Crippen LogP contribution in [-0.2, 0) is 0 Å². The topological polar surface area (TPSA) is 79.4 Å². The van der Waals surface area contributed by atoms with Gasteiger partial charge in [0.15, 0.2) is 0 Å². The third kappa shape index (κ3) is 5.66. The molecule has 0 unspecified atom stereocenters. The summed E-state index contributed by atoms with van der Waals surface area (Å²) in [6.07, 6.45) is -4.88. The third-order valence-corrected chi connectivity index (χ3v) is 6.26. The summed E-state index contributed by atoms with van der Waals surface area (Å²) in [6.45, 7) is 3.87. The molecule has 2 amide bonds. The molecule has 0 spiro atoms. The minimum atomic E-state index is -4.88. The fraction of sp³-hybridized carbons (Fsp3) is 0.222. The monoisotopic (exact) mass is 543 g/mol. The number of hydrogen-bond donors (Lipinski definition) is 2. The van der Waals surface area contributed by atoms with Gasteiger partial charge >= 0.3 is 12.4 Å². The van der Waals surface area contributed by atoms with E-state index in [1.165, 1.54) is 19.1 Å². The number of piperazine rings is 1. The molecule has 1 saturated heterocycles. The average Bonchev–Trinajstić information content (AvgIpc) is 2.90. The molecule has 4 aromatic rings. The van der Waals surface area contributed by atoms with E-state index in [1.807, 2.05) is 54.6 Å². The Bertz CT molecular complexity index is 1440. The van der Waals surface area contributed by atoms with E-state index in [-0.39, 0.29) is 29.8 Å². The quantitative estimate of drug-likeness (QED) is 0.328. The van der Waals surface area contributed by atoms with E-state index in [9.17, 15) is 18.0 Å². The number of hydrogen-bond acceptors (Lipinski definition) is 5. The number of carbonyl (C=O) groups excluding carboxylic acids is 1. The molecule has 1 aliphatic rings. The largest absolute Gasteiger partial charge is 0.573 e. The van der Waals surface area contributed by atoms with Crippen molar-refractivity contribution in [1.82, 2.24) is 20.4 Å².